The van der Waals surface area contributed by atoms with Gasteiger partial charge in [0.25, 0.3) is 0 Å². The smallest absolute Gasteiger partial charge is 0.225 e. The van der Waals surface area contributed by atoms with Crippen LogP contribution in [0.3, 0.4) is 0 Å². The van der Waals surface area contributed by atoms with E-state index in [1.807, 2.05) is 22.7 Å². The molecular formula is C22H14O4S4. The van der Waals surface area contributed by atoms with Gasteiger partial charge in [0.15, 0.2) is 0 Å². The second-order valence-electron chi connectivity index (χ2n) is 7.66. The fraction of sp³-hybridized carbons (Fsp3) is 0.273. The number of fused-ring (bicyclic) bond motifs is 10. The van der Waals surface area contributed by atoms with Crippen LogP contribution in [-0.4, -0.2) is 26.4 Å². The van der Waals surface area contributed by atoms with Crippen LogP contribution in [0.4, 0.5) is 0 Å². The fourth-order valence-electron chi connectivity index (χ4n) is 5.08. The molecule has 2 spiro atoms. The van der Waals surface area contributed by atoms with Crippen molar-refractivity contribution in [3.8, 4) is 29.3 Å². The zero-order valence-electron chi connectivity index (χ0n) is 15.6. The molecule has 0 unspecified atom stereocenters. The quantitative estimate of drug-likeness (QED) is 0.339. The van der Waals surface area contributed by atoms with Gasteiger partial charge in [-0.1, -0.05) is 0 Å². The fourth-order valence-corrected chi connectivity index (χ4v) is 9.76. The van der Waals surface area contributed by atoms with E-state index in [0.29, 0.717) is 26.4 Å². The second-order valence-corrected chi connectivity index (χ2v) is 11.6. The summed E-state index contributed by atoms with van der Waals surface area (Å²) in [6.07, 6.45) is 0. The Morgan fingerprint density at radius 2 is 1.00 bits per heavy atom. The molecule has 2 fully saturated rings. The predicted molar refractivity (Wildman–Crippen MR) is 120 cm³/mol. The van der Waals surface area contributed by atoms with E-state index in [1.165, 1.54) is 40.4 Å². The van der Waals surface area contributed by atoms with Gasteiger partial charge in [-0.3, -0.25) is 0 Å². The average molecular weight is 471 g/mol. The molecule has 0 atom stereocenters. The molecule has 0 radical (unpaired) electrons. The van der Waals surface area contributed by atoms with Crippen molar-refractivity contribution in [2.24, 2.45) is 0 Å². The minimum atomic E-state index is -0.709. The number of hydrogen-bond acceptors (Lipinski definition) is 8. The molecule has 0 bridgehead atoms. The molecule has 0 amide bonds. The molecule has 6 heterocycles. The van der Waals surface area contributed by atoms with Crippen LogP contribution < -0.4 is 0 Å². The number of hydrogen-bond donors (Lipinski definition) is 0. The van der Waals surface area contributed by atoms with Crippen LogP contribution in [0, 0.1) is 0 Å². The summed E-state index contributed by atoms with van der Waals surface area (Å²) in [5, 5.41) is 4.27. The van der Waals surface area contributed by atoms with Gasteiger partial charge in [-0.15, -0.1) is 45.3 Å². The molecule has 2 aliphatic carbocycles. The molecule has 30 heavy (non-hydrogen) atoms. The minimum Gasteiger partial charge on any atom is -0.340 e. The van der Waals surface area contributed by atoms with E-state index < -0.39 is 11.6 Å². The van der Waals surface area contributed by atoms with Crippen molar-refractivity contribution in [1.29, 1.82) is 0 Å². The zero-order chi connectivity index (χ0) is 19.5. The molecule has 0 aromatic carbocycles. The van der Waals surface area contributed by atoms with Crippen LogP contribution in [-0.2, 0) is 30.5 Å². The molecule has 0 saturated carbocycles. The first-order valence-electron chi connectivity index (χ1n) is 9.82. The zero-order valence-corrected chi connectivity index (χ0v) is 18.8. The number of ether oxygens (including phenoxy) is 4. The van der Waals surface area contributed by atoms with Crippen LogP contribution in [0.15, 0.2) is 35.0 Å². The van der Waals surface area contributed by atoms with Gasteiger partial charge < -0.3 is 18.9 Å². The predicted octanol–water partition coefficient (Wildman–Crippen LogP) is 6.06. The molecule has 4 aromatic rings. The average Bonchev–Trinajstić information content (AvgIpc) is 3.59. The topological polar surface area (TPSA) is 36.9 Å². The first-order chi connectivity index (χ1) is 14.8. The van der Waals surface area contributed by atoms with Crippen LogP contribution in [0.2, 0.25) is 0 Å². The summed E-state index contributed by atoms with van der Waals surface area (Å²) in [5.74, 6) is -1.42. The van der Waals surface area contributed by atoms with Gasteiger partial charge in [-0.05, 0) is 35.0 Å². The summed E-state index contributed by atoms with van der Waals surface area (Å²) < 4.78 is 24.8. The molecule has 8 rings (SSSR count). The molecule has 150 valence electrons. The van der Waals surface area contributed by atoms with Gasteiger partial charge in [0, 0.05) is 32.0 Å². The Hall–Kier alpha value is -1.36. The summed E-state index contributed by atoms with van der Waals surface area (Å²) in [4.78, 5) is 7.64. The lowest BCUT2D eigenvalue weighted by Crippen LogP contribution is -2.25. The van der Waals surface area contributed by atoms with Crippen molar-refractivity contribution in [3.63, 3.8) is 0 Å². The molecule has 2 saturated heterocycles. The third-order valence-electron chi connectivity index (χ3n) is 6.26. The summed E-state index contributed by atoms with van der Waals surface area (Å²) in [5.41, 5.74) is 4.66. The van der Waals surface area contributed by atoms with Crippen LogP contribution in [0.1, 0.15) is 22.3 Å². The summed E-state index contributed by atoms with van der Waals surface area (Å²) >= 11 is 7.21. The lowest BCUT2D eigenvalue weighted by atomic mass is 10.1. The largest absolute Gasteiger partial charge is 0.340 e. The first kappa shape index (κ1) is 17.2. The van der Waals surface area contributed by atoms with Crippen molar-refractivity contribution in [2.45, 2.75) is 11.6 Å². The lowest BCUT2D eigenvalue weighted by Gasteiger charge is -2.23. The Morgan fingerprint density at radius 3 is 1.43 bits per heavy atom. The van der Waals surface area contributed by atoms with E-state index in [9.17, 15) is 0 Å². The van der Waals surface area contributed by atoms with Gasteiger partial charge in [0.05, 0.1) is 45.9 Å². The third-order valence-corrected chi connectivity index (χ3v) is 10.9. The van der Waals surface area contributed by atoms with E-state index in [2.05, 4.69) is 35.0 Å². The lowest BCUT2D eigenvalue weighted by molar-refractivity contribution is -0.126. The van der Waals surface area contributed by atoms with Gasteiger partial charge in [0.2, 0.25) is 11.6 Å². The van der Waals surface area contributed by atoms with Gasteiger partial charge in [-0.2, -0.15) is 0 Å². The minimum absolute atomic E-state index is 0.631. The highest BCUT2D eigenvalue weighted by Gasteiger charge is 2.52. The molecule has 4 aliphatic rings. The van der Waals surface area contributed by atoms with E-state index in [0.717, 1.165) is 11.1 Å². The standard InChI is InChI=1S/C22H14O4S4/c1-7-27-17-11(1)21(23-3-4-24-21)13-9-15(29-19(13)17)16-10-14-20(30-16)18-12(2-8-28-18)22(14)25-5-6-26-22/h1-2,7-10H,3-6H2. The molecule has 4 aromatic heterocycles. The summed E-state index contributed by atoms with van der Waals surface area (Å²) in [7, 11) is 0. The highest BCUT2D eigenvalue weighted by Crippen LogP contribution is 2.61. The Morgan fingerprint density at radius 1 is 0.567 bits per heavy atom. The maximum Gasteiger partial charge on any atom is 0.225 e. The number of thiophene rings is 4. The van der Waals surface area contributed by atoms with Crippen LogP contribution in [0.5, 0.6) is 0 Å². The van der Waals surface area contributed by atoms with Crippen LogP contribution >= 0.6 is 45.3 Å². The SMILES string of the molecule is c1cc2c(s1)-c1sc(-c3cc4c(s3)-c3sccc3C43OCCO3)cc1C21OCCO1. The Balaban J connectivity index is 1.31. The van der Waals surface area contributed by atoms with E-state index in [1.54, 1.807) is 22.7 Å². The maximum absolute atomic E-state index is 6.19. The highest BCUT2D eigenvalue weighted by atomic mass is 32.1. The van der Waals surface area contributed by atoms with Crippen molar-refractivity contribution in [3.05, 3.63) is 57.3 Å². The molecule has 0 N–H and O–H groups in total. The van der Waals surface area contributed by atoms with Gasteiger partial charge >= 0.3 is 0 Å². The molecule has 4 nitrogen and oxygen atoms in total. The molecule has 8 heteroatoms. The van der Waals surface area contributed by atoms with E-state index in [4.69, 9.17) is 18.9 Å². The Kier molecular flexibility index (Phi) is 3.28. The Labute approximate surface area is 188 Å². The second kappa shape index (κ2) is 5.70. The third kappa shape index (κ3) is 1.88. The monoisotopic (exact) mass is 470 g/mol. The van der Waals surface area contributed by atoms with Crippen molar-refractivity contribution in [2.75, 3.05) is 26.4 Å². The van der Waals surface area contributed by atoms with Gasteiger partial charge in [-0.25, -0.2) is 0 Å². The molecule has 2 aliphatic heterocycles. The number of rotatable bonds is 1. The van der Waals surface area contributed by atoms with Crippen molar-refractivity contribution in [1.82, 2.24) is 0 Å². The Bertz CT molecular complexity index is 1220. The summed E-state index contributed by atoms with van der Waals surface area (Å²) in [6.45, 7) is 2.52. The van der Waals surface area contributed by atoms with E-state index >= 15 is 0 Å². The normalized spacial score (nSPS) is 21.5. The van der Waals surface area contributed by atoms with Crippen molar-refractivity contribution >= 4 is 45.3 Å². The van der Waals surface area contributed by atoms with E-state index in [-0.39, 0.29) is 0 Å². The van der Waals surface area contributed by atoms with Gasteiger partial charge in [0.1, 0.15) is 0 Å². The van der Waals surface area contributed by atoms with Crippen LogP contribution in [0.25, 0.3) is 29.3 Å². The molecular weight excluding hydrogens is 457 g/mol. The van der Waals surface area contributed by atoms with Crippen molar-refractivity contribution < 1.29 is 18.9 Å². The first-order valence-corrected chi connectivity index (χ1v) is 13.2. The highest BCUT2D eigenvalue weighted by molar-refractivity contribution is 7.28. The summed E-state index contributed by atoms with van der Waals surface area (Å²) in [6, 6.07) is 8.84. The maximum atomic E-state index is 6.19.